The minimum absolute atomic E-state index is 0.0836. The molecule has 0 fully saturated rings. The Morgan fingerprint density at radius 3 is 2.48 bits per heavy atom. The highest BCUT2D eigenvalue weighted by Crippen LogP contribution is 2.25. The molecule has 23 heavy (non-hydrogen) atoms. The summed E-state index contributed by atoms with van der Waals surface area (Å²) >= 11 is 1.22. The Bertz CT molecular complexity index is 833. The lowest BCUT2D eigenvalue weighted by Gasteiger charge is -2.05. The zero-order chi connectivity index (χ0) is 16.2. The van der Waals surface area contributed by atoms with Crippen molar-refractivity contribution >= 4 is 28.2 Å². The van der Waals surface area contributed by atoms with E-state index in [0.717, 1.165) is 5.56 Å². The molecule has 1 aromatic heterocycles. The quantitative estimate of drug-likeness (QED) is 0.729. The number of carbonyl (C=O) groups excluding carboxylic acids is 1. The molecular weight excluding hydrogens is 320 g/mol. The molecule has 1 heterocycles. The fourth-order valence-electron chi connectivity index (χ4n) is 1.90. The summed E-state index contributed by atoms with van der Waals surface area (Å²) in [5.74, 6) is -0.847. The normalized spacial score (nSPS) is 10.3. The van der Waals surface area contributed by atoms with E-state index in [4.69, 9.17) is 0 Å². The number of aromatic nitrogens is 1. The molecule has 2 N–H and O–H groups in total. The van der Waals surface area contributed by atoms with E-state index in [2.05, 4.69) is 15.6 Å². The summed E-state index contributed by atoms with van der Waals surface area (Å²) in [5.41, 5.74) is 1.45. The standard InChI is InChI=1S/C16H11F2N3OS/c17-11-7-5-10(6-8-11)14-9-23-16(20-14)21-15(22)19-13-4-2-1-3-12(13)18/h1-9H,(H2,19,20,21,22). The van der Waals surface area contributed by atoms with Crippen LogP contribution in [0.15, 0.2) is 53.9 Å². The molecule has 3 rings (SSSR count). The fraction of sp³-hybridized carbons (Fsp3) is 0. The van der Waals surface area contributed by atoms with Crippen LogP contribution in [0.3, 0.4) is 0 Å². The number of nitrogens with one attached hydrogen (secondary N) is 2. The largest absolute Gasteiger partial charge is 0.325 e. The number of halogens is 2. The second kappa shape index (κ2) is 6.53. The lowest BCUT2D eigenvalue weighted by atomic mass is 10.2. The van der Waals surface area contributed by atoms with Crippen molar-refractivity contribution in [3.05, 3.63) is 65.5 Å². The van der Waals surface area contributed by atoms with Crippen LogP contribution in [0.1, 0.15) is 0 Å². The molecule has 2 aromatic carbocycles. The zero-order valence-electron chi connectivity index (χ0n) is 11.7. The molecule has 0 spiro atoms. The summed E-state index contributed by atoms with van der Waals surface area (Å²) < 4.78 is 26.4. The van der Waals surface area contributed by atoms with E-state index in [1.165, 1.54) is 41.7 Å². The maximum atomic E-state index is 13.5. The van der Waals surface area contributed by atoms with Gasteiger partial charge in [0.25, 0.3) is 0 Å². The summed E-state index contributed by atoms with van der Waals surface area (Å²) in [4.78, 5) is 16.1. The Labute approximate surface area is 134 Å². The van der Waals surface area contributed by atoms with Gasteiger partial charge in [0.1, 0.15) is 11.6 Å². The van der Waals surface area contributed by atoms with Crippen LogP contribution >= 0.6 is 11.3 Å². The van der Waals surface area contributed by atoms with Gasteiger partial charge in [-0.15, -0.1) is 11.3 Å². The second-order valence-corrected chi connectivity index (χ2v) is 5.46. The maximum absolute atomic E-state index is 13.5. The van der Waals surface area contributed by atoms with Crippen molar-refractivity contribution in [3.63, 3.8) is 0 Å². The number of hydrogen-bond acceptors (Lipinski definition) is 3. The van der Waals surface area contributed by atoms with Crippen LogP contribution in [-0.2, 0) is 0 Å². The van der Waals surface area contributed by atoms with Gasteiger partial charge in [0, 0.05) is 10.9 Å². The van der Waals surface area contributed by atoms with Crippen LogP contribution in [0.4, 0.5) is 24.4 Å². The molecule has 0 atom stereocenters. The average Bonchev–Trinajstić information content (AvgIpc) is 2.98. The average molecular weight is 331 g/mol. The van der Waals surface area contributed by atoms with Crippen molar-refractivity contribution < 1.29 is 13.6 Å². The minimum Gasteiger partial charge on any atom is -0.305 e. The van der Waals surface area contributed by atoms with Gasteiger partial charge in [-0.05, 0) is 36.4 Å². The first-order valence-corrected chi connectivity index (χ1v) is 7.54. The van der Waals surface area contributed by atoms with Gasteiger partial charge in [-0.3, -0.25) is 5.32 Å². The van der Waals surface area contributed by atoms with E-state index < -0.39 is 11.8 Å². The van der Waals surface area contributed by atoms with E-state index >= 15 is 0 Å². The highest BCUT2D eigenvalue weighted by Gasteiger charge is 2.10. The fourth-order valence-corrected chi connectivity index (χ4v) is 2.61. The lowest BCUT2D eigenvalue weighted by Crippen LogP contribution is -2.19. The van der Waals surface area contributed by atoms with Crippen LogP contribution < -0.4 is 10.6 Å². The van der Waals surface area contributed by atoms with E-state index in [-0.39, 0.29) is 11.5 Å². The Hall–Kier alpha value is -2.80. The number of para-hydroxylation sites is 1. The molecule has 0 aliphatic heterocycles. The van der Waals surface area contributed by atoms with Gasteiger partial charge in [0.05, 0.1) is 11.4 Å². The van der Waals surface area contributed by atoms with Crippen LogP contribution in [-0.4, -0.2) is 11.0 Å². The van der Waals surface area contributed by atoms with Crippen molar-refractivity contribution in [1.82, 2.24) is 4.98 Å². The molecule has 0 saturated heterocycles. The highest BCUT2D eigenvalue weighted by molar-refractivity contribution is 7.14. The summed E-state index contributed by atoms with van der Waals surface area (Å²) in [7, 11) is 0. The number of amides is 2. The Morgan fingerprint density at radius 1 is 1.00 bits per heavy atom. The molecule has 0 saturated carbocycles. The maximum Gasteiger partial charge on any atom is 0.325 e. The molecule has 116 valence electrons. The SMILES string of the molecule is O=C(Nc1nc(-c2ccc(F)cc2)cs1)Nc1ccccc1F. The number of carbonyl (C=O) groups is 1. The number of thiazole rings is 1. The number of nitrogens with zero attached hydrogens (tertiary/aromatic N) is 1. The van der Waals surface area contributed by atoms with Crippen LogP contribution in [0.25, 0.3) is 11.3 Å². The number of urea groups is 1. The third-order valence-corrected chi connectivity index (χ3v) is 3.74. The molecule has 7 heteroatoms. The van der Waals surface area contributed by atoms with Crippen LogP contribution in [0.5, 0.6) is 0 Å². The smallest absolute Gasteiger partial charge is 0.305 e. The van der Waals surface area contributed by atoms with Gasteiger partial charge in [0.2, 0.25) is 0 Å². The van der Waals surface area contributed by atoms with Crippen molar-refractivity contribution in [3.8, 4) is 11.3 Å². The van der Waals surface area contributed by atoms with Crippen molar-refractivity contribution in [2.45, 2.75) is 0 Å². The summed E-state index contributed by atoms with van der Waals surface area (Å²) in [6.45, 7) is 0. The molecule has 2 amide bonds. The molecule has 0 bridgehead atoms. The van der Waals surface area contributed by atoms with E-state index in [1.54, 1.807) is 23.6 Å². The van der Waals surface area contributed by atoms with Crippen LogP contribution in [0.2, 0.25) is 0 Å². The lowest BCUT2D eigenvalue weighted by molar-refractivity contribution is 0.262. The number of anilines is 2. The van der Waals surface area contributed by atoms with Crippen molar-refractivity contribution in [1.29, 1.82) is 0 Å². The zero-order valence-corrected chi connectivity index (χ0v) is 12.5. The molecule has 4 nitrogen and oxygen atoms in total. The first kappa shape index (κ1) is 15.1. The van der Waals surface area contributed by atoms with E-state index in [9.17, 15) is 13.6 Å². The monoisotopic (exact) mass is 331 g/mol. The summed E-state index contributed by atoms with van der Waals surface area (Å²) in [6, 6.07) is 11.2. The third kappa shape index (κ3) is 3.70. The Morgan fingerprint density at radius 2 is 1.74 bits per heavy atom. The van der Waals surface area contributed by atoms with Gasteiger partial charge in [0.15, 0.2) is 5.13 Å². The highest BCUT2D eigenvalue weighted by atomic mass is 32.1. The third-order valence-electron chi connectivity index (χ3n) is 2.99. The minimum atomic E-state index is -0.588. The van der Waals surface area contributed by atoms with Gasteiger partial charge < -0.3 is 5.32 Å². The number of rotatable bonds is 3. The molecule has 0 aliphatic carbocycles. The predicted octanol–water partition coefficient (Wildman–Crippen LogP) is 4.73. The summed E-state index contributed by atoms with van der Waals surface area (Å²) in [6.07, 6.45) is 0. The van der Waals surface area contributed by atoms with Crippen LogP contribution in [0, 0.1) is 11.6 Å². The van der Waals surface area contributed by atoms with Crippen molar-refractivity contribution in [2.75, 3.05) is 10.6 Å². The molecule has 0 unspecified atom stereocenters. The van der Waals surface area contributed by atoms with Gasteiger partial charge in [-0.2, -0.15) is 0 Å². The first-order valence-electron chi connectivity index (χ1n) is 6.66. The molecular formula is C16H11F2N3OS. The Balaban J connectivity index is 1.68. The second-order valence-electron chi connectivity index (χ2n) is 4.60. The van der Waals surface area contributed by atoms with Gasteiger partial charge >= 0.3 is 6.03 Å². The van der Waals surface area contributed by atoms with Crippen molar-refractivity contribution in [2.24, 2.45) is 0 Å². The Kier molecular flexibility index (Phi) is 4.29. The van der Waals surface area contributed by atoms with E-state index in [0.29, 0.717) is 10.8 Å². The first-order chi connectivity index (χ1) is 11.1. The number of benzene rings is 2. The molecule has 0 radical (unpaired) electrons. The topological polar surface area (TPSA) is 54.0 Å². The molecule has 3 aromatic rings. The molecule has 0 aliphatic rings. The predicted molar refractivity (Wildman–Crippen MR) is 86.5 cm³/mol. The van der Waals surface area contributed by atoms with E-state index in [1.807, 2.05) is 0 Å². The van der Waals surface area contributed by atoms with Gasteiger partial charge in [-0.1, -0.05) is 12.1 Å². The van der Waals surface area contributed by atoms with Gasteiger partial charge in [-0.25, -0.2) is 18.6 Å². The summed E-state index contributed by atoms with van der Waals surface area (Å²) in [5, 5.41) is 7.04. The number of hydrogen-bond donors (Lipinski definition) is 2.